The summed E-state index contributed by atoms with van der Waals surface area (Å²) in [6, 6.07) is 15.2. The first-order valence-electron chi connectivity index (χ1n) is 11.1. The molecule has 0 saturated carbocycles. The van der Waals surface area contributed by atoms with Crippen LogP contribution in [-0.4, -0.2) is 72.2 Å². The second kappa shape index (κ2) is 9.28. The van der Waals surface area contributed by atoms with Gasteiger partial charge in [0.15, 0.2) is 0 Å². The second-order valence-corrected chi connectivity index (χ2v) is 8.47. The summed E-state index contributed by atoms with van der Waals surface area (Å²) in [4.78, 5) is 9.48. The molecular formula is C24H32N6O2. The number of hydrogen-bond donors (Lipinski definition) is 1. The Morgan fingerprint density at radius 3 is 2.69 bits per heavy atom. The van der Waals surface area contributed by atoms with Crippen molar-refractivity contribution in [1.82, 2.24) is 19.7 Å². The summed E-state index contributed by atoms with van der Waals surface area (Å²) in [6.07, 6.45) is 1.73. The fraction of sp³-hybridized carbons (Fsp3) is 0.417. The second-order valence-electron chi connectivity index (χ2n) is 8.47. The smallest absolute Gasteiger partial charge is 0.246 e. The van der Waals surface area contributed by atoms with Gasteiger partial charge in [-0.2, -0.15) is 4.98 Å². The molecule has 8 nitrogen and oxygen atoms in total. The predicted octanol–water partition coefficient (Wildman–Crippen LogP) is 3.23. The van der Waals surface area contributed by atoms with Gasteiger partial charge in [0.1, 0.15) is 6.33 Å². The first-order chi connectivity index (χ1) is 15.7. The van der Waals surface area contributed by atoms with Crippen LogP contribution in [0, 0.1) is 6.92 Å². The number of anilines is 3. The molecule has 0 aliphatic carbocycles. The average molecular weight is 437 g/mol. The number of aryl methyl sites for hydroxylation is 1. The maximum Gasteiger partial charge on any atom is 0.246 e. The lowest BCUT2D eigenvalue weighted by Crippen LogP contribution is -2.56. The fourth-order valence-electron chi connectivity index (χ4n) is 4.37. The lowest BCUT2D eigenvalue weighted by Gasteiger charge is -2.43. The molecule has 5 rings (SSSR count). The number of methoxy groups -OCH3 is 1. The number of nitrogens with zero attached hydrogens (tertiary/aromatic N) is 5. The molecule has 0 bridgehead atoms. The molecule has 2 fully saturated rings. The van der Waals surface area contributed by atoms with Gasteiger partial charge in [0.05, 0.1) is 31.5 Å². The Morgan fingerprint density at radius 2 is 1.94 bits per heavy atom. The van der Waals surface area contributed by atoms with E-state index in [0.717, 1.165) is 56.3 Å². The Balaban J connectivity index is 0.00000259. The van der Waals surface area contributed by atoms with Gasteiger partial charge in [-0.3, -0.25) is 4.90 Å². The van der Waals surface area contributed by atoms with Gasteiger partial charge in [-0.1, -0.05) is 18.2 Å². The predicted molar refractivity (Wildman–Crippen MR) is 127 cm³/mol. The number of benzene rings is 2. The highest BCUT2D eigenvalue weighted by Gasteiger charge is 2.29. The van der Waals surface area contributed by atoms with Gasteiger partial charge in [-0.15, -0.1) is 5.10 Å². The normalized spacial score (nSPS) is 17.4. The van der Waals surface area contributed by atoms with Crippen LogP contribution in [0.2, 0.25) is 0 Å². The van der Waals surface area contributed by atoms with E-state index in [-0.39, 0.29) is 1.43 Å². The number of ether oxygens (including phenoxy) is 2. The van der Waals surface area contributed by atoms with Crippen molar-refractivity contribution in [1.29, 1.82) is 0 Å². The molecular weight excluding hydrogens is 404 g/mol. The molecule has 2 saturated heterocycles. The first-order valence-corrected chi connectivity index (χ1v) is 11.1. The van der Waals surface area contributed by atoms with Crippen LogP contribution in [0.25, 0.3) is 5.69 Å². The molecule has 0 spiro atoms. The maximum atomic E-state index is 5.35. The standard InChI is InChI=1S/C24H30N6O2.H2/c1-18-11-20(13-21(12-18)28-7-9-29(10-8-28)22-15-32-16-22)26-24-25-17-30(27-24)23-6-4-3-5-19(23)14-31-2;/h3-6,11-13,17,22H,7-10,14-16H2,1-2H3,(H,26,27);1H. The van der Waals surface area contributed by atoms with E-state index >= 15 is 0 Å². The van der Waals surface area contributed by atoms with Crippen LogP contribution in [0.5, 0.6) is 0 Å². The van der Waals surface area contributed by atoms with Crippen molar-refractivity contribution in [3.63, 3.8) is 0 Å². The lowest BCUT2D eigenvalue weighted by atomic mass is 10.1. The van der Waals surface area contributed by atoms with Crippen LogP contribution < -0.4 is 10.2 Å². The summed E-state index contributed by atoms with van der Waals surface area (Å²) in [5.74, 6) is 0.573. The molecule has 170 valence electrons. The van der Waals surface area contributed by atoms with E-state index in [1.165, 1.54) is 11.3 Å². The molecule has 1 aromatic heterocycles. The summed E-state index contributed by atoms with van der Waals surface area (Å²) in [7, 11) is 1.70. The van der Waals surface area contributed by atoms with Crippen molar-refractivity contribution in [3.8, 4) is 5.69 Å². The number of rotatable bonds is 7. The number of aromatic nitrogens is 3. The van der Waals surface area contributed by atoms with Gasteiger partial charge < -0.3 is 19.7 Å². The summed E-state index contributed by atoms with van der Waals surface area (Å²) < 4.78 is 12.5. The van der Waals surface area contributed by atoms with Crippen LogP contribution in [0.1, 0.15) is 12.6 Å². The minimum absolute atomic E-state index is 0. The zero-order valence-electron chi connectivity index (χ0n) is 18.7. The summed E-state index contributed by atoms with van der Waals surface area (Å²) in [6.45, 7) is 8.65. The summed E-state index contributed by atoms with van der Waals surface area (Å²) in [5, 5.41) is 8.03. The molecule has 0 atom stereocenters. The molecule has 3 heterocycles. The van der Waals surface area contributed by atoms with Crippen molar-refractivity contribution >= 4 is 17.3 Å². The molecule has 0 amide bonds. The van der Waals surface area contributed by atoms with Gasteiger partial charge in [-0.25, -0.2) is 4.68 Å². The van der Waals surface area contributed by atoms with E-state index in [9.17, 15) is 0 Å². The maximum absolute atomic E-state index is 5.35. The quantitative estimate of drug-likeness (QED) is 0.610. The molecule has 1 N–H and O–H groups in total. The molecule has 3 aromatic rings. The highest BCUT2D eigenvalue weighted by Crippen LogP contribution is 2.26. The Morgan fingerprint density at radius 1 is 1.12 bits per heavy atom. The minimum atomic E-state index is 0. The van der Waals surface area contributed by atoms with E-state index in [1.54, 1.807) is 18.1 Å². The van der Waals surface area contributed by atoms with Crippen molar-refractivity contribution in [3.05, 3.63) is 59.9 Å². The molecule has 2 aliphatic heterocycles. The molecule has 8 heteroatoms. The van der Waals surface area contributed by atoms with Crippen LogP contribution >= 0.6 is 0 Å². The third-order valence-corrected chi connectivity index (χ3v) is 6.16. The SMILES string of the molecule is COCc1ccccc1-n1cnc(Nc2cc(C)cc(N3CCN(C4COC4)CC3)c2)n1.[HH]. The van der Waals surface area contributed by atoms with Crippen molar-refractivity contribution in [2.75, 3.05) is 56.7 Å². The zero-order chi connectivity index (χ0) is 21.9. The molecule has 0 radical (unpaired) electrons. The topological polar surface area (TPSA) is 67.7 Å². The zero-order valence-corrected chi connectivity index (χ0v) is 18.7. The van der Waals surface area contributed by atoms with Crippen LogP contribution in [0.3, 0.4) is 0 Å². The Hall–Kier alpha value is -2.94. The number of piperazine rings is 1. The molecule has 2 aliphatic rings. The number of nitrogens with one attached hydrogen (secondary N) is 1. The Bertz CT molecular complexity index is 1060. The first kappa shape index (κ1) is 20.9. The third kappa shape index (κ3) is 4.48. The molecule has 2 aromatic carbocycles. The van der Waals surface area contributed by atoms with Gasteiger partial charge in [0.25, 0.3) is 0 Å². The lowest BCUT2D eigenvalue weighted by molar-refractivity contribution is -0.0660. The van der Waals surface area contributed by atoms with E-state index in [1.807, 2.05) is 24.3 Å². The van der Waals surface area contributed by atoms with Crippen LogP contribution in [0.4, 0.5) is 17.3 Å². The van der Waals surface area contributed by atoms with Crippen molar-refractivity contribution < 1.29 is 10.9 Å². The van der Waals surface area contributed by atoms with Crippen molar-refractivity contribution in [2.24, 2.45) is 0 Å². The highest BCUT2D eigenvalue weighted by molar-refractivity contribution is 5.64. The highest BCUT2D eigenvalue weighted by atomic mass is 16.5. The third-order valence-electron chi connectivity index (χ3n) is 6.16. The molecule has 32 heavy (non-hydrogen) atoms. The molecule has 0 unspecified atom stereocenters. The van der Waals surface area contributed by atoms with Gasteiger partial charge in [0, 0.05) is 51.7 Å². The van der Waals surface area contributed by atoms with E-state index < -0.39 is 0 Å². The van der Waals surface area contributed by atoms with Gasteiger partial charge in [-0.05, 0) is 36.8 Å². The summed E-state index contributed by atoms with van der Waals surface area (Å²) >= 11 is 0. The van der Waals surface area contributed by atoms with Crippen LogP contribution in [-0.2, 0) is 16.1 Å². The average Bonchev–Trinajstić information content (AvgIpc) is 3.21. The van der Waals surface area contributed by atoms with E-state index in [0.29, 0.717) is 18.6 Å². The van der Waals surface area contributed by atoms with Gasteiger partial charge >= 0.3 is 0 Å². The van der Waals surface area contributed by atoms with Crippen molar-refractivity contribution in [2.45, 2.75) is 19.6 Å². The minimum Gasteiger partial charge on any atom is -0.380 e. The van der Waals surface area contributed by atoms with Crippen LogP contribution in [0.15, 0.2) is 48.8 Å². The van der Waals surface area contributed by atoms with E-state index in [4.69, 9.17) is 9.47 Å². The van der Waals surface area contributed by atoms with Gasteiger partial charge in [0.2, 0.25) is 5.95 Å². The number of para-hydroxylation sites is 1. The monoisotopic (exact) mass is 436 g/mol. The Labute approximate surface area is 190 Å². The number of hydrogen-bond acceptors (Lipinski definition) is 7. The fourth-order valence-corrected chi connectivity index (χ4v) is 4.37. The van der Waals surface area contributed by atoms with E-state index in [2.05, 4.69) is 50.3 Å². The summed E-state index contributed by atoms with van der Waals surface area (Å²) in [5.41, 5.74) is 5.48. The largest absolute Gasteiger partial charge is 0.380 e. The Kier molecular flexibility index (Phi) is 6.07.